The molecule has 0 spiro atoms. The smallest absolute Gasteiger partial charge is 0.352 e. The standard InChI is InChI=1S/C5H4ClN3O3/c1-11-5-3(8-9-7)2(6)4(10)12-5/h5H,1H3. The van der Waals surface area contributed by atoms with E-state index >= 15 is 0 Å². The Morgan fingerprint density at radius 3 is 3.00 bits per heavy atom. The van der Waals surface area contributed by atoms with E-state index in [0.29, 0.717) is 0 Å². The van der Waals surface area contributed by atoms with Crippen molar-refractivity contribution < 1.29 is 14.3 Å². The lowest BCUT2D eigenvalue weighted by atomic mass is 10.4. The van der Waals surface area contributed by atoms with Crippen molar-refractivity contribution in [2.75, 3.05) is 7.11 Å². The van der Waals surface area contributed by atoms with Gasteiger partial charge in [0.15, 0.2) is 0 Å². The Balaban J connectivity index is 3.02. The second kappa shape index (κ2) is 3.44. The summed E-state index contributed by atoms with van der Waals surface area (Å²) in [6.45, 7) is 0. The summed E-state index contributed by atoms with van der Waals surface area (Å²) in [7, 11) is 1.31. The molecule has 12 heavy (non-hydrogen) atoms. The molecule has 1 unspecified atom stereocenters. The zero-order valence-electron chi connectivity index (χ0n) is 6.02. The van der Waals surface area contributed by atoms with E-state index in [9.17, 15) is 4.79 Å². The minimum atomic E-state index is -0.985. The van der Waals surface area contributed by atoms with Crippen LogP contribution in [0.1, 0.15) is 0 Å². The van der Waals surface area contributed by atoms with Crippen molar-refractivity contribution in [3.8, 4) is 0 Å². The Morgan fingerprint density at radius 1 is 1.83 bits per heavy atom. The van der Waals surface area contributed by atoms with Crippen LogP contribution in [-0.2, 0) is 14.3 Å². The molecule has 0 fully saturated rings. The molecule has 0 radical (unpaired) electrons. The normalized spacial score (nSPS) is 22.2. The van der Waals surface area contributed by atoms with E-state index in [1.807, 2.05) is 0 Å². The van der Waals surface area contributed by atoms with Gasteiger partial charge >= 0.3 is 5.97 Å². The van der Waals surface area contributed by atoms with Gasteiger partial charge in [0.05, 0.1) is 0 Å². The van der Waals surface area contributed by atoms with E-state index in [1.54, 1.807) is 0 Å². The molecular weight excluding hydrogens is 186 g/mol. The molecule has 1 heterocycles. The van der Waals surface area contributed by atoms with Crippen molar-refractivity contribution in [2.45, 2.75) is 6.29 Å². The lowest BCUT2D eigenvalue weighted by Crippen LogP contribution is -2.12. The number of ether oxygens (including phenoxy) is 2. The number of azide groups is 1. The Morgan fingerprint density at radius 2 is 2.50 bits per heavy atom. The molecule has 1 aliphatic rings. The van der Waals surface area contributed by atoms with E-state index in [0.717, 1.165) is 0 Å². The summed E-state index contributed by atoms with van der Waals surface area (Å²) < 4.78 is 9.22. The zero-order chi connectivity index (χ0) is 9.14. The summed E-state index contributed by atoms with van der Waals surface area (Å²) in [4.78, 5) is 13.2. The monoisotopic (exact) mass is 189 g/mol. The lowest BCUT2D eigenvalue weighted by molar-refractivity contribution is -0.155. The number of hydrogen-bond acceptors (Lipinski definition) is 4. The number of carbonyl (C=O) groups excluding carboxylic acids is 1. The van der Waals surface area contributed by atoms with Gasteiger partial charge < -0.3 is 9.47 Å². The molecule has 0 aromatic heterocycles. The minimum absolute atomic E-state index is 0.0355. The maximum Gasteiger partial charge on any atom is 0.352 e. The van der Waals surface area contributed by atoms with Crippen molar-refractivity contribution in [3.05, 3.63) is 21.2 Å². The van der Waals surface area contributed by atoms with E-state index in [1.165, 1.54) is 7.11 Å². The molecule has 64 valence electrons. The number of nitrogens with zero attached hydrogens (tertiary/aromatic N) is 3. The third kappa shape index (κ3) is 1.35. The summed E-state index contributed by atoms with van der Waals surface area (Å²) in [5.74, 6) is -0.745. The van der Waals surface area contributed by atoms with Crippen molar-refractivity contribution in [1.29, 1.82) is 0 Å². The molecule has 0 aliphatic carbocycles. The van der Waals surface area contributed by atoms with Crippen molar-refractivity contribution in [1.82, 2.24) is 0 Å². The Hall–Kier alpha value is -1.23. The third-order valence-electron chi connectivity index (χ3n) is 1.21. The van der Waals surface area contributed by atoms with Gasteiger partial charge in [-0.05, 0) is 5.53 Å². The summed E-state index contributed by atoms with van der Waals surface area (Å²) in [6.07, 6.45) is -0.985. The van der Waals surface area contributed by atoms with Crippen LogP contribution in [0.25, 0.3) is 10.4 Å². The molecule has 0 aromatic rings. The van der Waals surface area contributed by atoms with E-state index < -0.39 is 12.3 Å². The summed E-state index contributed by atoms with van der Waals surface area (Å²) >= 11 is 5.44. The highest BCUT2D eigenvalue weighted by molar-refractivity contribution is 6.42. The van der Waals surface area contributed by atoms with Crippen molar-refractivity contribution in [3.63, 3.8) is 0 Å². The first-order chi connectivity index (χ1) is 5.70. The number of cyclic esters (lactones) is 1. The third-order valence-corrected chi connectivity index (χ3v) is 1.56. The van der Waals surface area contributed by atoms with E-state index in [-0.39, 0.29) is 10.7 Å². The number of esters is 1. The molecule has 0 amide bonds. The van der Waals surface area contributed by atoms with Crippen LogP contribution in [0.15, 0.2) is 15.8 Å². The molecule has 0 bridgehead atoms. The van der Waals surface area contributed by atoms with Gasteiger partial charge in [-0.2, -0.15) is 0 Å². The van der Waals surface area contributed by atoms with Crippen LogP contribution in [0.3, 0.4) is 0 Å². The van der Waals surface area contributed by atoms with Crippen LogP contribution in [0, 0.1) is 0 Å². The number of rotatable bonds is 2. The van der Waals surface area contributed by atoms with Gasteiger partial charge in [-0.1, -0.05) is 16.7 Å². The van der Waals surface area contributed by atoms with Gasteiger partial charge in [0.25, 0.3) is 0 Å². The zero-order valence-corrected chi connectivity index (χ0v) is 6.78. The van der Waals surface area contributed by atoms with Crippen LogP contribution in [0.2, 0.25) is 0 Å². The predicted octanol–water partition coefficient (Wildman–Crippen LogP) is 1.28. The number of hydrogen-bond donors (Lipinski definition) is 0. The number of carbonyl (C=O) groups is 1. The quantitative estimate of drug-likeness (QED) is 0.284. The van der Waals surface area contributed by atoms with Crippen LogP contribution in [0.5, 0.6) is 0 Å². The second-order valence-corrected chi connectivity index (χ2v) is 2.24. The predicted molar refractivity (Wildman–Crippen MR) is 38.9 cm³/mol. The highest BCUT2D eigenvalue weighted by Crippen LogP contribution is 2.26. The van der Waals surface area contributed by atoms with Crippen molar-refractivity contribution >= 4 is 17.6 Å². The molecule has 6 nitrogen and oxygen atoms in total. The molecule has 0 aromatic carbocycles. The molecule has 0 saturated carbocycles. The Kier molecular flexibility index (Phi) is 2.54. The first-order valence-corrected chi connectivity index (χ1v) is 3.27. The molecule has 0 saturated heterocycles. The largest absolute Gasteiger partial charge is 0.427 e. The average molecular weight is 190 g/mol. The van der Waals surface area contributed by atoms with E-state index in [2.05, 4.69) is 19.5 Å². The van der Waals surface area contributed by atoms with Gasteiger partial charge in [-0.15, -0.1) is 0 Å². The molecule has 7 heteroatoms. The maximum atomic E-state index is 10.8. The van der Waals surface area contributed by atoms with Crippen LogP contribution >= 0.6 is 11.6 Å². The van der Waals surface area contributed by atoms with E-state index in [4.69, 9.17) is 17.1 Å². The van der Waals surface area contributed by atoms with Gasteiger partial charge in [0.2, 0.25) is 6.29 Å². The Labute approximate surface area is 72.3 Å². The topological polar surface area (TPSA) is 84.3 Å². The van der Waals surface area contributed by atoms with Gasteiger partial charge in [0, 0.05) is 12.0 Å². The Bertz CT molecular complexity index is 294. The fraction of sp³-hybridized carbons (Fsp3) is 0.400. The maximum absolute atomic E-state index is 10.8. The van der Waals surface area contributed by atoms with Crippen LogP contribution in [0.4, 0.5) is 0 Å². The lowest BCUT2D eigenvalue weighted by Gasteiger charge is -2.06. The first-order valence-electron chi connectivity index (χ1n) is 2.89. The van der Waals surface area contributed by atoms with Gasteiger partial charge in [-0.3, -0.25) is 0 Å². The second-order valence-electron chi connectivity index (χ2n) is 1.86. The van der Waals surface area contributed by atoms with Crippen LogP contribution < -0.4 is 0 Å². The minimum Gasteiger partial charge on any atom is -0.427 e. The molecule has 1 aliphatic heterocycles. The van der Waals surface area contributed by atoms with Gasteiger partial charge in [-0.25, -0.2) is 4.79 Å². The molecule has 0 N–H and O–H groups in total. The molecular formula is C5H4ClN3O3. The van der Waals surface area contributed by atoms with Crippen LogP contribution in [-0.4, -0.2) is 19.4 Å². The summed E-state index contributed by atoms with van der Waals surface area (Å²) in [6, 6.07) is 0. The molecule has 1 rings (SSSR count). The number of halogens is 1. The average Bonchev–Trinajstić information content (AvgIpc) is 2.33. The van der Waals surface area contributed by atoms with Crippen molar-refractivity contribution in [2.24, 2.45) is 5.11 Å². The fourth-order valence-corrected chi connectivity index (χ4v) is 0.883. The SMILES string of the molecule is COC1OC(=O)C(Cl)=C1N=[N+]=[N-]. The molecule has 1 atom stereocenters. The summed E-state index contributed by atoms with van der Waals surface area (Å²) in [5.41, 5.74) is 8.05. The first kappa shape index (κ1) is 8.86. The highest BCUT2D eigenvalue weighted by Gasteiger charge is 2.32. The fourth-order valence-electron chi connectivity index (χ4n) is 0.712. The number of methoxy groups -OCH3 is 1. The van der Waals surface area contributed by atoms with Gasteiger partial charge in [0.1, 0.15) is 10.7 Å². The summed E-state index contributed by atoms with van der Waals surface area (Å²) in [5, 5.41) is 2.93. The highest BCUT2D eigenvalue weighted by atomic mass is 35.5.